The molecule has 2 aromatic carbocycles. The van der Waals surface area contributed by atoms with Crippen molar-refractivity contribution in [2.45, 2.75) is 56.9 Å². The van der Waals surface area contributed by atoms with Crippen LogP contribution in [0.25, 0.3) is 23.4 Å². The smallest absolute Gasteiger partial charge is 0.117 e. The van der Waals surface area contributed by atoms with E-state index in [4.69, 9.17) is 15.5 Å². The van der Waals surface area contributed by atoms with Crippen LogP contribution in [0.5, 0.6) is 0 Å². The van der Waals surface area contributed by atoms with Crippen molar-refractivity contribution in [1.29, 1.82) is 0 Å². The highest BCUT2D eigenvalue weighted by molar-refractivity contribution is 5.75. The van der Waals surface area contributed by atoms with Crippen LogP contribution in [0.2, 0.25) is 0 Å². The molecule has 2 saturated carbocycles. The van der Waals surface area contributed by atoms with E-state index in [1.807, 2.05) is 0 Å². The van der Waals surface area contributed by atoms with Crippen LogP contribution in [0.15, 0.2) is 54.6 Å². The normalized spacial score (nSPS) is 22.7. The molecular formula is C33H38N4O. The fourth-order valence-electron chi connectivity index (χ4n) is 6.30. The first-order chi connectivity index (χ1) is 18.6. The lowest BCUT2D eigenvalue weighted by Crippen LogP contribution is -2.43. The number of fused-ring (bicyclic) bond motifs is 1. The van der Waals surface area contributed by atoms with Crippen molar-refractivity contribution in [2.75, 3.05) is 31.2 Å². The molecule has 1 aromatic heterocycles. The van der Waals surface area contributed by atoms with E-state index >= 15 is 0 Å². The number of rotatable bonds is 5. The van der Waals surface area contributed by atoms with Crippen LogP contribution in [0.1, 0.15) is 68.3 Å². The highest BCUT2D eigenvalue weighted by Gasteiger charge is 2.34. The number of morpholine rings is 1. The number of hydrogen-bond acceptors (Lipinski definition) is 4. The van der Waals surface area contributed by atoms with Crippen LogP contribution in [0.4, 0.5) is 5.69 Å². The first kappa shape index (κ1) is 23.9. The van der Waals surface area contributed by atoms with Crippen molar-refractivity contribution >= 4 is 23.4 Å². The van der Waals surface area contributed by atoms with Gasteiger partial charge in [0.05, 0.1) is 23.9 Å². The third-order valence-electron chi connectivity index (χ3n) is 9.03. The highest BCUT2D eigenvalue weighted by Crippen LogP contribution is 2.40. The molecule has 1 unspecified atom stereocenters. The predicted molar refractivity (Wildman–Crippen MR) is 155 cm³/mol. The van der Waals surface area contributed by atoms with Gasteiger partial charge in [-0.1, -0.05) is 43.3 Å². The molecule has 3 fully saturated rings. The number of anilines is 1. The van der Waals surface area contributed by atoms with Crippen LogP contribution < -0.4 is 21.3 Å². The lowest BCUT2D eigenvalue weighted by atomic mass is 9.73. The minimum atomic E-state index is -0.128. The Labute approximate surface area is 225 Å². The molecule has 0 bridgehead atoms. The van der Waals surface area contributed by atoms with E-state index in [1.54, 1.807) is 0 Å². The Morgan fingerprint density at radius 3 is 2.47 bits per heavy atom. The van der Waals surface area contributed by atoms with Gasteiger partial charge in [-0.25, -0.2) is 4.98 Å². The number of allylic oxidation sites excluding steroid dienone is 2. The van der Waals surface area contributed by atoms with Crippen molar-refractivity contribution in [3.05, 3.63) is 82.3 Å². The third-order valence-corrected chi connectivity index (χ3v) is 9.03. The quantitative estimate of drug-likeness (QED) is 0.549. The number of nitrogens with two attached hydrogens (primary N) is 1. The summed E-state index contributed by atoms with van der Waals surface area (Å²) in [6, 6.07) is 18.0. The summed E-state index contributed by atoms with van der Waals surface area (Å²) < 4.78 is 7.98. The van der Waals surface area contributed by atoms with Gasteiger partial charge in [-0.05, 0) is 91.5 Å². The van der Waals surface area contributed by atoms with E-state index in [2.05, 4.69) is 83.1 Å². The second-order valence-electron chi connectivity index (χ2n) is 11.7. The SMILES string of the molecule is CC1CC=c2c(nc(C3CC3)n2-c2ccc(C3(N)CCC3)cc2)=CC=C1c1cccc(N2CCOCC2)c1. The Morgan fingerprint density at radius 1 is 0.974 bits per heavy atom. The number of hydrogen-bond donors (Lipinski definition) is 1. The molecular weight excluding hydrogens is 468 g/mol. The van der Waals surface area contributed by atoms with E-state index in [0.717, 1.165) is 50.9 Å². The lowest BCUT2D eigenvalue weighted by molar-refractivity contribution is 0.122. The molecule has 5 heteroatoms. The van der Waals surface area contributed by atoms with Gasteiger partial charge in [0.2, 0.25) is 0 Å². The van der Waals surface area contributed by atoms with E-state index in [0.29, 0.717) is 11.8 Å². The van der Waals surface area contributed by atoms with Crippen LogP contribution in [0.3, 0.4) is 0 Å². The molecule has 0 amide bonds. The minimum absolute atomic E-state index is 0.128. The molecule has 2 N–H and O–H groups in total. The zero-order valence-electron chi connectivity index (χ0n) is 22.4. The molecule has 1 saturated heterocycles. The summed E-state index contributed by atoms with van der Waals surface area (Å²) >= 11 is 0. The molecule has 38 heavy (non-hydrogen) atoms. The van der Waals surface area contributed by atoms with Crippen molar-refractivity contribution in [2.24, 2.45) is 11.7 Å². The molecule has 1 aliphatic heterocycles. The number of benzene rings is 2. The number of imidazole rings is 1. The van der Waals surface area contributed by atoms with E-state index in [-0.39, 0.29) is 5.54 Å². The molecule has 3 aromatic rings. The van der Waals surface area contributed by atoms with Gasteiger partial charge >= 0.3 is 0 Å². The third kappa shape index (κ3) is 4.32. The maximum atomic E-state index is 6.61. The molecule has 0 radical (unpaired) electrons. The van der Waals surface area contributed by atoms with Crippen molar-refractivity contribution in [3.8, 4) is 5.69 Å². The van der Waals surface area contributed by atoms with Crippen LogP contribution in [-0.4, -0.2) is 35.9 Å². The van der Waals surface area contributed by atoms with Crippen LogP contribution in [0, 0.1) is 5.92 Å². The largest absolute Gasteiger partial charge is 0.378 e. The molecule has 3 aliphatic carbocycles. The van der Waals surface area contributed by atoms with Crippen molar-refractivity contribution < 1.29 is 4.74 Å². The molecule has 1 atom stereocenters. The standard InChI is InChI=1S/C33H38N4O/c1-23-6-15-31-30(14-13-29(23)25-4-2-5-28(22-25)36-18-20-38-21-19-36)35-32(24-7-8-24)37(31)27-11-9-26(10-12-27)33(34)16-3-17-33/h2,4-5,9-15,22-24H,3,6-8,16-21,34H2,1H3. The maximum Gasteiger partial charge on any atom is 0.117 e. The highest BCUT2D eigenvalue weighted by atomic mass is 16.5. The molecule has 0 spiro atoms. The number of aromatic nitrogens is 2. The van der Waals surface area contributed by atoms with Gasteiger partial charge in [0.15, 0.2) is 0 Å². The average Bonchev–Trinajstić information content (AvgIpc) is 3.72. The van der Waals surface area contributed by atoms with Gasteiger partial charge in [-0.15, -0.1) is 0 Å². The van der Waals surface area contributed by atoms with Crippen LogP contribution >= 0.6 is 0 Å². The Morgan fingerprint density at radius 2 is 1.76 bits per heavy atom. The predicted octanol–water partition coefficient (Wildman–Crippen LogP) is 4.61. The monoisotopic (exact) mass is 506 g/mol. The Balaban J connectivity index is 1.28. The van der Waals surface area contributed by atoms with Gasteiger partial charge in [0.25, 0.3) is 0 Å². The Bertz CT molecular complexity index is 1480. The van der Waals surface area contributed by atoms with Crippen molar-refractivity contribution in [3.63, 3.8) is 0 Å². The summed E-state index contributed by atoms with van der Waals surface area (Å²) in [5, 5.41) is 2.31. The molecule has 7 rings (SSSR count). The zero-order chi connectivity index (χ0) is 25.7. The summed E-state index contributed by atoms with van der Waals surface area (Å²) in [7, 11) is 0. The summed E-state index contributed by atoms with van der Waals surface area (Å²) in [4.78, 5) is 7.65. The molecule has 2 heterocycles. The van der Waals surface area contributed by atoms with Gasteiger partial charge in [-0.2, -0.15) is 0 Å². The van der Waals surface area contributed by atoms with E-state index in [9.17, 15) is 0 Å². The first-order valence-corrected chi connectivity index (χ1v) is 14.4. The summed E-state index contributed by atoms with van der Waals surface area (Å²) in [5.74, 6) is 2.17. The molecule has 4 aliphatic rings. The average molecular weight is 507 g/mol. The van der Waals surface area contributed by atoms with Gasteiger partial charge in [-0.3, -0.25) is 4.57 Å². The second kappa shape index (κ2) is 9.55. The second-order valence-corrected chi connectivity index (χ2v) is 11.7. The van der Waals surface area contributed by atoms with Gasteiger partial charge < -0.3 is 15.4 Å². The summed E-state index contributed by atoms with van der Waals surface area (Å²) in [6.45, 7) is 5.86. The molecule has 5 nitrogen and oxygen atoms in total. The van der Waals surface area contributed by atoms with Crippen molar-refractivity contribution in [1.82, 2.24) is 9.55 Å². The maximum absolute atomic E-state index is 6.61. The van der Waals surface area contributed by atoms with E-state index < -0.39 is 0 Å². The lowest BCUT2D eigenvalue weighted by Gasteiger charge is -2.38. The van der Waals surface area contributed by atoms with Gasteiger partial charge in [0, 0.05) is 35.9 Å². The number of nitrogens with zero attached hydrogens (tertiary/aromatic N) is 3. The summed E-state index contributed by atoms with van der Waals surface area (Å²) in [5.41, 5.74) is 12.9. The van der Waals surface area contributed by atoms with E-state index in [1.165, 1.54) is 58.5 Å². The van der Waals surface area contributed by atoms with Crippen LogP contribution in [-0.2, 0) is 10.3 Å². The fraction of sp³-hybridized carbons (Fsp3) is 0.424. The zero-order valence-corrected chi connectivity index (χ0v) is 22.4. The summed E-state index contributed by atoms with van der Waals surface area (Å²) in [6.07, 6.45) is 13.8. The Hall–Kier alpha value is -3.15. The topological polar surface area (TPSA) is 56.3 Å². The molecule has 196 valence electrons. The Kier molecular flexibility index (Phi) is 6.01. The fourth-order valence-corrected chi connectivity index (χ4v) is 6.30. The van der Waals surface area contributed by atoms with Gasteiger partial charge in [0.1, 0.15) is 5.82 Å². The number of ether oxygens (including phenoxy) is 1. The first-order valence-electron chi connectivity index (χ1n) is 14.4. The minimum Gasteiger partial charge on any atom is -0.378 e.